The largest absolute Gasteiger partial charge is 0.311 e. The zero-order chi connectivity index (χ0) is 34.5. The van der Waals surface area contributed by atoms with E-state index in [1.165, 1.54) is 71.4 Å². The van der Waals surface area contributed by atoms with Crippen LogP contribution in [0.3, 0.4) is 0 Å². The van der Waals surface area contributed by atoms with Crippen molar-refractivity contribution < 1.29 is 0 Å². The lowest BCUT2D eigenvalue weighted by Gasteiger charge is -2.46. The van der Waals surface area contributed by atoms with Gasteiger partial charge in [0.25, 0.3) is 6.71 Å². The second kappa shape index (κ2) is 15.0. The summed E-state index contributed by atoms with van der Waals surface area (Å²) in [5, 5.41) is 0. The van der Waals surface area contributed by atoms with Crippen LogP contribution in [0.5, 0.6) is 0 Å². The quantitative estimate of drug-likeness (QED) is 0.170. The summed E-state index contributed by atoms with van der Waals surface area (Å²) < 4.78 is 0. The summed E-state index contributed by atoms with van der Waals surface area (Å²) in [5.74, 6) is 0. The summed E-state index contributed by atoms with van der Waals surface area (Å²) in [6, 6.07) is 62.5. The molecule has 7 aromatic rings. The molecule has 0 fully saturated rings. The van der Waals surface area contributed by atoms with Crippen LogP contribution in [0.15, 0.2) is 186 Å². The van der Waals surface area contributed by atoms with E-state index < -0.39 is 0 Å². The van der Waals surface area contributed by atoms with Crippen molar-refractivity contribution in [1.29, 1.82) is 0 Å². The van der Waals surface area contributed by atoms with Crippen LogP contribution in [0.1, 0.15) is 25.0 Å². The summed E-state index contributed by atoms with van der Waals surface area (Å²) in [4.78, 5) is 7.64. The minimum Gasteiger partial charge on any atom is -0.311 e. The molecule has 0 N–H and O–H groups in total. The van der Waals surface area contributed by atoms with Crippen LogP contribution >= 0.6 is 11.8 Å². The lowest BCUT2D eigenvalue weighted by molar-refractivity contribution is 1.23. The predicted molar refractivity (Wildman–Crippen MR) is 218 cm³/mol. The Bertz CT molecular complexity index is 2040. The number of benzene rings is 7. The van der Waals surface area contributed by atoms with Crippen molar-refractivity contribution in [2.75, 3.05) is 9.80 Å². The standard InChI is InChI=1S/C30H19BN2S.2C7H8.C2H6/c1-3-10-20(11-4-1)32-22-14-7-15-23-28(22)31-29-24(32)16-8-18-26(29)34-27-19-9-17-25(30(27)31)33(23)21-12-5-2-6-13-21;2*1-7-5-3-2-4-6-7;1-2/h1-19H;2*2-6H,1H3;1-2H3. The first-order valence-electron chi connectivity index (χ1n) is 17.5. The number of rotatable bonds is 2. The minimum absolute atomic E-state index is 0.241. The van der Waals surface area contributed by atoms with E-state index in [2.05, 4.69) is 163 Å². The SMILES string of the molecule is CC.Cc1ccccc1.Cc1ccccc1.c1ccc(N2c3cccc4c3B3c5c(cccc5N(c5ccccc5)c5cccc2c53)S4)cc1. The molecule has 0 saturated carbocycles. The highest BCUT2D eigenvalue weighted by atomic mass is 32.2. The molecular formula is C46H41BN2S. The molecule has 0 saturated heterocycles. The maximum absolute atomic E-state index is 2.46. The minimum atomic E-state index is 0.241. The van der Waals surface area contributed by atoms with Crippen LogP contribution in [-0.4, -0.2) is 6.71 Å². The van der Waals surface area contributed by atoms with Crippen molar-refractivity contribution >= 4 is 69.0 Å². The molecule has 10 rings (SSSR count). The fourth-order valence-electron chi connectivity index (χ4n) is 7.03. The monoisotopic (exact) mass is 664 g/mol. The Kier molecular flexibility index (Phi) is 9.91. The molecule has 0 aromatic heterocycles. The molecule has 0 atom stereocenters. The summed E-state index contributed by atoms with van der Waals surface area (Å²) in [7, 11) is 0. The molecule has 4 heteroatoms. The van der Waals surface area contributed by atoms with Gasteiger partial charge in [-0.1, -0.05) is 152 Å². The highest BCUT2D eigenvalue weighted by Gasteiger charge is 2.47. The number of hydrogen-bond donors (Lipinski definition) is 0. The third kappa shape index (κ3) is 6.24. The molecule has 3 aliphatic heterocycles. The van der Waals surface area contributed by atoms with Crippen LogP contribution in [0.2, 0.25) is 0 Å². The van der Waals surface area contributed by atoms with Crippen molar-refractivity contribution in [1.82, 2.24) is 0 Å². The molecule has 3 aliphatic rings. The van der Waals surface area contributed by atoms with E-state index in [1.54, 1.807) is 0 Å². The Morgan fingerprint density at radius 3 is 1.02 bits per heavy atom. The van der Waals surface area contributed by atoms with E-state index in [0.717, 1.165) is 0 Å². The normalized spacial score (nSPS) is 12.2. The lowest BCUT2D eigenvalue weighted by atomic mass is 9.33. The van der Waals surface area contributed by atoms with Gasteiger partial charge >= 0.3 is 0 Å². The van der Waals surface area contributed by atoms with Crippen molar-refractivity contribution in [3.05, 3.63) is 187 Å². The molecule has 0 unspecified atom stereocenters. The molecule has 0 aliphatic carbocycles. The van der Waals surface area contributed by atoms with E-state index >= 15 is 0 Å². The first-order chi connectivity index (χ1) is 24.7. The first kappa shape index (κ1) is 33.1. The molecule has 0 bridgehead atoms. The fourth-order valence-corrected chi connectivity index (χ4v) is 8.23. The molecule has 0 amide bonds. The van der Waals surface area contributed by atoms with Gasteiger partial charge in [0.2, 0.25) is 0 Å². The Morgan fingerprint density at radius 1 is 0.360 bits per heavy atom. The molecule has 0 radical (unpaired) electrons. The van der Waals surface area contributed by atoms with Crippen molar-refractivity contribution in [3.8, 4) is 0 Å². The Labute approximate surface area is 302 Å². The molecular weight excluding hydrogens is 623 g/mol. The summed E-state index contributed by atoms with van der Waals surface area (Å²) in [5.41, 5.74) is 14.4. The van der Waals surface area contributed by atoms with Crippen LogP contribution in [0.4, 0.5) is 34.1 Å². The van der Waals surface area contributed by atoms with Gasteiger partial charge in [0, 0.05) is 43.9 Å². The zero-order valence-corrected chi connectivity index (χ0v) is 29.9. The van der Waals surface area contributed by atoms with Gasteiger partial charge < -0.3 is 9.80 Å². The van der Waals surface area contributed by atoms with E-state index in [4.69, 9.17) is 0 Å². The third-order valence-electron chi connectivity index (χ3n) is 9.11. The fraction of sp³-hybridized carbons (Fsp3) is 0.0870. The second-order valence-electron chi connectivity index (χ2n) is 12.3. The van der Waals surface area contributed by atoms with Gasteiger partial charge in [-0.25, -0.2) is 0 Å². The van der Waals surface area contributed by atoms with Crippen LogP contribution < -0.4 is 26.2 Å². The van der Waals surface area contributed by atoms with Gasteiger partial charge in [0.15, 0.2) is 0 Å². The van der Waals surface area contributed by atoms with Crippen molar-refractivity contribution in [3.63, 3.8) is 0 Å². The molecule has 244 valence electrons. The van der Waals surface area contributed by atoms with E-state index in [-0.39, 0.29) is 6.71 Å². The topological polar surface area (TPSA) is 6.48 Å². The molecule has 7 aromatic carbocycles. The predicted octanol–water partition coefficient (Wildman–Crippen LogP) is 11.3. The number of anilines is 6. The smallest absolute Gasteiger partial charge is 0.255 e. The van der Waals surface area contributed by atoms with Crippen molar-refractivity contribution in [2.24, 2.45) is 0 Å². The molecule has 0 spiro atoms. The average molecular weight is 665 g/mol. The number of para-hydroxylation sites is 2. The number of nitrogens with zero attached hydrogens (tertiary/aromatic N) is 2. The van der Waals surface area contributed by atoms with E-state index in [0.29, 0.717) is 0 Å². The second-order valence-corrected chi connectivity index (χ2v) is 13.4. The Hall–Kier alpha value is -5.45. The van der Waals surface area contributed by atoms with Gasteiger partial charge in [-0.3, -0.25) is 0 Å². The molecule has 2 nitrogen and oxygen atoms in total. The highest BCUT2D eigenvalue weighted by Crippen LogP contribution is 2.47. The lowest BCUT2D eigenvalue weighted by Crippen LogP contribution is -2.63. The van der Waals surface area contributed by atoms with Crippen LogP contribution in [-0.2, 0) is 0 Å². The summed E-state index contributed by atoms with van der Waals surface area (Å²) in [6.45, 7) is 8.41. The van der Waals surface area contributed by atoms with E-state index in [9.17, 15) is 0 Å². The van der Waals surface area contributed by atoms with Crippen molar-refractivity contribution in [2.45, 2.75) is 37.5 Å². The zero-order valence-electron chi connectivity index (χ0n) is 29.1. The first-order valence-corrected chi connectivity index (χ1v) is 18.3. The van der Waals surface area contributed by atoms with Gasteiger partial charge in [-0.2, -0.15) is 0 Å². The number of hydrogen-bond acceptors (Lipinski definition) is 3. The maximum atomic E-state index is 2.46. The Balaban J connectivity index is 0.000000204. The highest BCUT2D eigenvalue weighted by molar-refractivity contribution is 8.00. The third-order valence-corrected chi connectivity index (χ3v) is 10.3. The summed E-state index contributed by atoms with van der Waals surface area (Å²) in [6.07, 6.45) is 0. The molecule has 50 heavy (non-hydrogen) atoms. The maximum Gasteiger partial charge on any atom is 0.255 e. The van der Waals surface area contributed by atoms with Gasteiger partial charge in [0.1, 0.15) is 0 Å². The van der Waals surface area contributed by atoms with Gasteiger partial charge in [-0.15, -0.1) is 0 Å². The van der Waals surface area contributed by atoms with Gasteiger partial charge in [0.05, 0.1) is 0 Å². The van der Waals surface area contributed by atoms with Crippen LogP contribution in [0, 0.1) is 13.8 Å². The number of aryl methyl sites for hydroxylation is 2. The van der Waals surface area contributed by atoms with E-state index in [1.807, 2.05) is 62.0 Å². The Morgan fingerprint density at radius 2 is 0.680 bits per heavy atom. The summed E-state index contributed by atoms with van der Waals surface area (Å²) >= 11 is 1.91. The van der Waals surface area contributed by atoms with Crippen LogP contribution in [0.25, 0.3) is 0 Å². The molecule has 3 heterocycles. The average Bonchev–Trinajstić information content (AvgIpc) is 3.18. The van der Waals surface area contributed by atoms with Gasteiger partial charge in [-0.05, 0) is 90.9 Å².